The van der Waals surface area contributed by atoms with Crippen molar-refractivity contribution in [3.05, 3.63) is 0 Å². The van der Waals surface area contributed by atoms with Crippen LogP contribution in [-0.4, -0.2) is 89.5 Å². The number of esters is 1. The molecule has 14 nitrogen and oxygen atoms in total. The third kappa shape index (κ3) is 21.3. The number of carbonyl (C=O) groups excluding carboxylic acids is 3. The molecule has 15 heteroatoms. The topological polar surface area (TPSA) is 175 Å². The highest BCUT2D eigenvalue weighted by molar-refractivity contribution is 7.52. The summed E-state index contributed by atoms with van der Waals surface area (Å²) in [5.41, 5.74) is 5.89. The van der Waals surface area contributed by atoms with Gasteiger partial charge in [0.2, 0.25) is 5.96 Å². The molecule has 0 aliphatic heterocycles. The zero-order chi connectivity index (χ0) is 30.1. The molecular weight excluding hydrogens is 549 g/mol. The van der Waals surface area contributed by atoms with Gasteiger partial charge < -0.3 is 34.3 Å². The van der Waals surface area contributed by atoms with Crippen LogP contribution >= 0.6 is 7.75 Å². The van der Waals surface area contributed by atoms with Crippen LogP contribution in [0.4, 0.5) is 9.59 Å². The van der Waals surface area contributed by atoms with Gasteiger partial charge >= 0.3 is 26.0 Å². The van der Waals surface area contributed by atoms with Gasteiger partial charge in [0.1, 0.15) is 6.54 Å². The Morgan fingerprint density at radius 3 is 1.45 bits per heavy atom. The van der Waals surface area contributed by atoms with Gasteiger partial charge in [0.15, 0.2) is 0 Å². The lowest BCUT2D eigenvalue weighted by Gasteiger charge is -2.19. The summed E-state index contributed by atoms with van der Waals surface area (Å²) in [5.74, 6) is -0.804. The molecule has 0 unspecified atom stereocenters. The summed E-state index contributed by atoms with van der Waals surface area (Å²) in [6.45, 7) is 4.69. The third-order valence-electron chi connectivity index (χ3n) is 5.17. The molecule has 0 heterocycles. The molecule has 0 aromatic rings. The van der Waals surface area contributed by atoms with Crippen molar-refractivity contribution in [3.8, 4) is 0 Å². The van der Waals surface area contributed by atoms with E-state index in [1.807, 2.05) is 0 Å². The molecule has 0 aromatic heterocycles. The summed E-state index contributed by atoms with van der Waals surface area (Å²) in [6.07, 6.45) is 5.72. The molecule has 0 saturated heterocycles. The van der Waals surface area contributed by atoms with Crippen LogP contribution in [0, 0.1) is 0 Å². The fraction of sp³-hybridized carbons (Fsp3) is 0.840. The highest BCUT2D eigenvalue weighted by Crippen LogP contribution is 2.50. The van der Waals surface area contributed by atoms with Gasteiger partial charge in [-0.2, -0.15) is 0 Å². The fourth-order valence-electron chi connectivity index (χ4n) is 2.81. The third-order valence-corrected chi connectivity index (χ3v) is 6.64. The summed E-state index contributed by atoms with van der Waals surface area (Å²) < 4.78 is 52.5. The molecule has 0 atom stereocenters. The first-order chi connectivity index (χ1) is 19.2. The Labute approximate surface area is 237 Å². The monoisotopic (exact) mass is 597 g/mol. The summed E-state index contributed by atoms with van der Waals surface area (Å²) in [4.78, 5) is 35.8. The predicted octanol–water partition coefficient (Wildman–Crippen LogP) is 4.79. The number of rotatable bonds is 23. The molecule has 0 amide bonds. The van der Waals surface area contributed by atoms with Crippen LogP contribution in [-0.2, 0) is 42.1 Å². The predicted molar refractivity (Wildman–Crippen MR) is 148 cm³/mol. The highest BCUT2D eigenvalue weighted by atomic mass is 31.2. The number of ether oxygens (including phenoxy) is 5. The van der Waals surface area contributed by atoms with Crippen molar-refractivity contribution in [1.29, 1.82) is 0 Å². The maximum atomic E-state index is 13.2. The molecule has 0 aromatic carbocycles. The fourth-order valence-corrected chi connectivity index (χ4v) is 4.13. The SMILES string of the molecule is CCCCCOC(=O)OCCCCOP(=O)(/N=C(\N)N(C)CC(=O)OC)OCCCCOC(=O)OCCCCC. The van der Waals surface area contributed by atoms with Crippen molar-refractivity contribution >= 4 is 32.0 Å². The molecule has 0 saturated carbocycles. The summed E-state index contributed by atoms with van der Waals surface area (Å²) in [5, 5.41) is 0. The first-order valence-electron chi connectivity index (χ1n) is 13.8. The number of unbranched alkanes of at least 4 members (excludes halogenated alkanes) is 6. The quantitative estimate of drug-likeness (QED) is 0.0425. The number of likely N-dealkylation sites (N-methyl/N-ethyl adjacent to an activating group) is 1. The van der Waals surface area contributed by atoms with Crippen molar-refractivity contribution in [1.82, 2.24) is 4.90 Å². The molecule has 0 fully saturated rings. The molecule has 234 valence electrons. The molecule has 0 aliphatic carbocycles. The van der Waals surface area contributed by atoms with E-state index < -0.39 is 26.0 Å². The standard InChI is InChI=1S/C25H48N3O11P/c1-5-7-9-15-34-24(30)36-17-11-13-19-38-40(32,27-23(26)28(3)21-22(29)33-4)39-20-14-12-18-37-25(31)35-16-10-8-6-2/h5-21H2,1-4H3,(H2,26,27,32). The average molecular weight is 598 g/mol. The molecule has 40 heavy (non-hydrogen) atoms. The number of nitrogens with zero attached hydrogens (tertiary/aromatic N) is 2. The normalized spacial score (nSPS) is 11.6. The molecule has 0 spiro atoms. The Kier molecular flexibility index (Phi) is 22.7. The minimum atomic E-state index is -4.06. The molecule has 0 aliphatic rings. The Morgan fingerprint density at radius 2 is 1.07 bits per heavy atom. The second-order valence-electron chi connectivity index (χ2n) is 8.75. The van der Waals surface area contributed by atoms with Crippen LogP contribution in [0.3, 0.4) is 0 Å². The van der Waals surface area contributed by atoms with E-state index in [1.54, 1.807) is 0 Å². The summed E-state index contributed by atoms with van der Waals surface area (Å²) >= 11 is 0. The van der Waals surface area contributed by atoms with Gasteiger partial charge in [-0.25, -0.2) is 14.2 Å². The number of carbonyl (C=O) groups is 3. The van der Waals surface area contributed by atoms with Gasteiger partial charge in [-0.15, -0.1) is 4.76 Å². The van der Waals surface area contributed by atoms with Gasteiger partial charge in [-0.1, -0.05) is 39.5 Å². The van der Waals surface area contributed by atoms with Gasteiger partial charge in [-0.3, -0.25) is 13.8 Å². The van der Waals surface area contributed by atoms with E-state index in [4.69, 9.17) is 33.7 Å². The summed E-state index contributed by atoms with van der Waals surface area (Å²) in [7, 11) is -1.36. The Balaban J connectivity index is 4.61. The zero-order valence-corrected chi connectivity index (χ0v) is 25.3. The van der Waals surface area contributed by atoms with Crippen molar-refractivity contribution < 1.29 is 51.7 Å². The number of hydrogen-bond donors (Lipinski definition) is 1. The van der Waals surface area contributed by atoms with Crippen molar-refractivity contribution in [3.63, 3.8) is 0 Å². The average Bonchev–Trinajstić information content (AvgIpc) is 2.92. The van der Waals surface area contributed by atoms with Crippen molar-refractivity contribution in [2.75, 3.05) is 60.3 Å². The van der Waals surface area contributed by atoms with Crippen molar-refractivity contribution in [2.24, 2.45) is 10.5 Å². The lowest BCUT2D eigenvalue weighted by atomic mass is 10.3. The van der Waals surface area contributed by atoms with Crippen LogP contribution in [0.15, 0.2) is 4.76 Å². The van der Waals surface area contributed by atoms with Gasteiger partial charge in [0, 0.05) is 7.05 Å². The smallest absolute Gasteiger partial charge is 0.468 e. The van der Waals surface area contributed by atoms with E-state index >= 15 is 0 Å². The number of guanidine groups is 1. The van der Waals surface area contributed by atoms with E-state index in [0.29, 0.717) is 38.9 Å². The second-order valence-corrected chi connectivity index (χ2v) is 10.4. The number of nitrogens with two attached hydrogens (primary N) is 1. The molecule has 0 radical (unpaired) electrons. The molecule has 0 rings (SSSR count). The van der Waals surface area contributed by atoms with Crippen LogP contribution in [0.2, 0.25) is 0 Å². The molecular formula is C25H48N3O11P. The largest absolute Gasteiger partial charge is 0.508 e. The second kappa shape index (κ2) is 24.2. The first-order valence-corrected chi connectivity index (χ1v) is 15.3. The lowest BCUT2D eigenvalue weighted by Crippen LogP contribution is -2.38. The van der Waals surface area contributed by atoms with E-state index in [2.05, 4.69) is 23.3 Å². The lowest BCUT2D eigenvalue weighted by molar-refractivity contribution is -0.140. The van der Waals surface area contributed by atoms with Gasteiger partial charge in [0.05, 0.1) is 46.8 Å². The maximum Gasteiger partial charge on any atom is 0.508 e. The van der Waals surface area contributed by atoms with Gasteiger partial charge in [-0.05, 0) is 38.5 Å². The molecule has 2 N–H and O–H groups in total. The minimum Gasteiger partial charge on any atom is -0.468 e. The molecule has 0 bridgehead atoms. The zero-order valence-electron chi connectivity index (χ0n) is 24.4. The Morgan fingerprint density at radius 1 is 0.700 bits per heavy atom. The highest BCUT2D eigenvalue weighted by Gasteiger charge is 2.26. The van der Waals surface area contributed by atoms with Gasteiger partial charge in [0.25, 0.3) is 0 Å². The van der Waals surface area contributed by atoms with E-state index in [9.17, 15) is 18.9 Å². The van der Waals surface area contributed by atoms with E-state index in [-0.39, 0.29) is 38.9 Å². The van der Waals surface area contributed by atoms with E-state index in [0.717, 1.165) is 38.5 Å². The van der Waals surface area contributed by atoms with E-state index in [1.165, 1.54) is 19.1 Å². The maximum absolute atomic E-state index is 13.2. The first kappa shape index (κ1) is 37.4. The summed E-state index contributed by atoms with van der Waals surface area (Å²) in [6, 6.07) is 0. The van der Waals surface area contributed by atoms with Crippen LogP contribution in [0.5, 0.6) is 0 Å². The van der Waals surface area contributed by atoms with Crippen LogP contribution < -0.4 is 5.73 Å². The van der Waals surface area contributed by atoms with Crippen molar-refractivity contribution in [2.45, 2.75) is 78.1 Å². The Hall–Kier alpha value is -2.57. The minimum absolute atomic E-state index is 0.0172. The Bertz CT molecular complexity index is 743. The van der Waals surface area contributed by atoms with Crippen LogP contribution in [0.25, 0.3) is 0 Å². The van der Waals surface area contributed by atoms with Crippen LogP contribution in [0.1, 0.15) is 78.1 Å². The number of hydrogen-bond acceptors (Lipinski definition) is 11. The number of methoxy groups -OCH3 is 1.